The van der Waals surface area contributed by atoms with Crippen LogP contribution < -0.4 is 0 Å². The topological polar surface area (TPSA) is 65.6 Å². The zero-order valence-electron chi connectivity index (χ0n) is 21.8. The fourth-order valence-corrected chi connectivity index (χ4v) is 5.23. The second-order valence-electron chi connectivity index (χ2n) is 9.99. The fraction of sp³-hybridized carbons (Fsp3) is 0.467. The van der Waals surface area contributed by atoms with Crippen LogP contribution >= 0.6 is 0 Å². The van der Waals surface area contributed by atoms with Gasteiger partial charge in [0, 0.05) is 56.4 Å². The molecule has 1 fully saturated rings. The normalized spacial score (nSPS) is 14.1. The smallest absolute Gasteiger partial charge is 0.242 e. The Balaban J connectivity index is 1.50. The van der Waals surface area contributed by atoms with Crippen molar-refractivity contribution in [3.05, 3.63) is 71.7 Å². The number of benzene rings is 2. The van der Waals surface area contributed by atoms with Gasteiger partial charge in [0.15, 0.2) is 0 Å². The number of fused-ring (bicyclic) bond motifs is 1. The first-order valence-electron chi connectivity index (χ1n) is 13.4. The van der Waals surface area contributed by atoms with Crippen molar-refractivity contribution < 1.29 is 18.7 Å². The van der Waals surface area contributed by atoms with Crippen molar-refractivity contribution in [1.29, 1.82) is 0 Å². The molecule has 1 heterocycles. The lowest BCUT2D eigenvalue weighted by atomic mass is 9.88. The first-order valence-corrected chi connectivity index (χ1v) is 13.4. The highest BCUT2D eigenvalue weighted by molar-refractivity contribution is 5.86. The standard InChI is InChI=1S/C30H38FN3O3/c1-37-19-7-17-34(30(36)24-8-3-2-4-9-24)22-29(35)33(21-23-12-14-26(31)15-13-23)18-16-25-20-32-28-11-6-5-10-27(25)28/h5-6,10-15,20,24,32H,2-4,7-9,16-19,21-22H2,1H3. The molecular weight excluding hydrogens is 469 g/mol. The molecule has 1 aliphatic carbocycles. The summed E-state index contributed by atoms with van der Waals surface area (Å²) in [6.45, 7) is 1.96. The van der Waals surface area contributed by atoms with Gasteiger partial charge in [-0.3, -0.25) is 9.59 Å². The molecule has 37 heavy (non-hydrogen) atoms. The van der Waals surface area contributed by atoms with E-state index in [9.17, 15) is 14.0 Å². The number of H-pyrrole nitrogens is 1. The number of hydrogen-bond donors (Lipinski definition) is 1. The highest BCUT2D eigenvalue weighted by atomic mass is 19.1. The summed E-state index contributed by atoms with van der Waals surface area (Å²) >= 11 is 0. The molecule has 0 spiro atoms. The van der Waals surface area contributed by atoms with E-state index < -0.39 is 0 Å². The number of aromatic amines is 1. The minimum atomic E-state index is -0.303. The lowest BCUT2D eigenvalue weighted by Crippen LogP contribution is -2.46. The number of para-hydroxylation sites is 1. The van der Waals surface area contributed by atoms with Gasteiger partial charge in [0.2, 0.25) is 11.8 Å². The van der Waals surface area contributed by atoms with Crippen LogP contribution in [0, 0.1) is 11.7 Å². The monoisotopic (exact) mass is 507 g/mol. The molecule has 0 saturated heterocycles. The predicted molar refractivity (Wildman–Crippen MR) is 143 cm³/mol. The Bertz CT molecular complexity index is 1150. The van der Waals surface area contributed by atoms with Crippen LogP contribution in [0.4, 0.5) is 4.39 Å². The molecule has 1 N–H and O–H groups in total. The minimum Gasteiger partial charge on any atom is -0.385 e. The minimum absolute atomic E-state index is 0.000800. The number of halogens is 1. The predicted octanol–water partition coefficient (Wildman–Crippen LogP) is 5.32. The van der Waals surface area contributed by atoms with Gasteiger partial charge in [-0.2, -0.15) is 0 Å². The van der Waals surface area contributed by atoms with Crippen LogP contribution in [0.2, 0.25) is 0 Å². The Kier molecular flexibility index (Phi) is 9.71. The van der Waals surface area contributed by atoms with Crippen LogP contribution in [0.5, 0.6) is 0 Å². The van der Waals surface area contributed by atoms with E-state index in [0.29, 0.717) is 39.1 Å². The van der Waals surface area contributed by atoms with E-state index in [2.05, 4.69) is 11.1 Å². The molecule has 7 heteroatoms. The Morgan fingerprint density at radius 1 is 1.00 bits per heavy atom. The molecule has 0 bridgehead atoms. The average molecular weight is 508 g/mol. The van der Waals surface area contributed by atoms with E-state index in [1.807, 2.05) is 24.4 Å². The summed E-state index contributed by atoms with van der Waals surface area (Å²) in [6, 6.07) is 14.4. The SMILES string of the molecule is COCCCN(CC(=O)N(CCc1c[nH]c2ccccc12)Cc1ccc(F)cc1)C(=O)C1CCCCC1. The maximum absolute atomic E-state index is 13.7. The van der Waals surface area contributed by atoms with Gasteiger partial charge >= 0.3 is 0 Å². The number of carbonyl (C=O) groups is 2. The molecule has 3 aromatic rings. The maximum atomic E-state index is 13.7. The molecule has 2 amide bonds. The summed E-state index contributed by atoms with van der Waals surface area (Å²) in [5.74, 6) is -0.308. The summed E-state index contributed by atoms with van der Waals surface area (Å²) in [5, 5.41) is 1.14. The third kappa shape index (κ3) is 7.41. The number of amides is 2. The van der Waals surface area contributed by atoms with E-state index in [4.69, 9.17) is 4.74 Å². The number of aromatic nitrogens is 1. The van der Waals surface area contributed by atoms with E-state index in [0.717, 1.165) is 47.7 Å². The van der Waals surface area contributed by atoms with Crippen molar-refractivity contribution in [3.63, 3.8) is 0 Å². The van der Waals surface area contributed by atoms with Gasteiger partial charge in [-0.15, -0.1) is 0 Å². The number of carbonyl (C=O) groups excluding carboxylic acids is 2. The zero-order chi connectivity index (χ0) is 26.0. The van der Waals surface area contributed by atoms with Crippen molar-refractivity contribution in [2.24, 2.45) is 5.92 Å². The Morgan fingerprint density at radius 3 is 2.51 bits per heavy atom. The van der Waals surface area contributed by atoms with Crippen molar-refractivity contribution in [2.75, 3.05) is 33.4 Å². The molecule has 4 rings (SSSR count). The van der Waals surface area contributed by atoms with Crippen molar-refractivity contribution in [3.8, 4) is 0 Å². The summed E-state index contributed by atoms with van der Waals surface area (Å²) in [5.41, 5.74) is 3.07. The Hall–Kier alpha value is -3.19. The summed E-state index contributed by atoms with van der Waals surface area (Å²) in [7, 11) is 1.65. The van der Waals surface area contributed by atoms with Crippen LogP contribution in [0.25, 0.3) is 10.9 Å². The molecule has 6 nitrogen and oxygen atoms in total. The summed E-state index contributed by atoms with van der Waals surface area (Å²) in [6.07, 6.45) is 8.46. The van der Waals surface area contributed by atoms with Gasteiger partial charge in [0.25, 0.3) is 0 Å². The summed E-state index contributed by atoms with van der Waals surface area (Å²) in [4.78, 5) is 33.9. The van der Waals surface area contributed by atoms with Crippen LogP contribution in [-0.2, 0) is 27.3 Å². The van der Waals surface area contributed by atoms with Gasteiger partial charge < -0.3 is 19.5 Å². The van der Waals surface area contributed by atoms with Gasteiger partial charge in [-0.1, -0.05) is 49.6 Å². The second-order valence-corrected chi connectivity index (χ2v) is 9.99. The maximum Gasteiger partial charge on any atom is 0.242 e. The molecule has 0 radical (unpaired) electrons. The summed E-state index contributed by atoms with van der Waals surface area (Å²) < 4.78 is 18.7. The number of nitrogens with zero attached hydrogens (tertiary/aromatic N) is 2. The van der Waals surface area contributed by atoms with Crippen molar-refractivity contribution in [2.45, 2.75) is 51.5 Å². The Morgan fingerprint density at radius 2 is 1.76 bits per heavy atom. The quantitative estimate of drug-likeness (QED) is 0.337. The van der Waals surface area contributed by atoms with Crippen LogP contribution in [0.1, 0.15) is 49.7 Å². The molecule has 1 saturated carbocycles. The second kappa shape index (κ2) is 13.4. The van der Waals surface area contributed by atoms with E-state index in [1.165, 1.54) is 18.6 Å². The molecule has 0 atom stereocenters. The van der Waals surface area contributed by atoms with Gasteiger partial charge in [-0.05, 0) is 55.0 Å². The molecular formula is C30H38FN3O3. The average Bonchev–Trinajstić information content (AvgIpc) is 3.34. The number of hydrogen-bond acceptors (Lipinski definition) is 3. The van der Waals surface area contributed by atoms with Crippen LogP contribution in [0.3, 0.4) is 0 Å². The highest BCUT2D eigenvalue weighted by Crippen LogP contribution is 2.26. The first-order chi connectivity index (χ1) is 18.0. The molecule has 1 aromatic heterocycles. The van der Waals surface area contributed by atoms with Crippen LogP contribution in [0.15, 0.2) is 54.7 Å². The lowest BCUT2D eigenvalue weighted by molar-refractivity contribution is -0.144. The molecule has 0 aliphatic heterocycles. The van der Waals surface area contributed by atoms with E-state index >= 15 is 0 Å². The lowest BCUT2D eigenvalue weighted by Gasteiger charge is -2.31. The fourth-order valence-electron chi connectivity index (χ4n) is 5.23. The molecule has 198 valence electrons. The van der Waals surface area contributed by atoms with E-state index in [1.54, 1.807) is 29.0 Å². The van der Waals surface area contributed by atoms with Crippen LogP contribution in [-0.4, -0.2) is 59.9 Å². The third-order valence-electron chi connectivity index (χ3n) is 7.33. The largest absolute Gasteiger partial charge is 0.385 e. The number of methoxy groups -OCH3 is 1. The zero-order valence-corrected chi connectivity index (χ0v) is 21.8. The Labute approximate surface area is 218 Å². The van der Waals surface area contributed by atoms with Crippen molar-refractivity contribution in [1.82, 2.24) is 14.8 Å². The molecule has 2 aromatic carbocycles. The number of ether oxygens (including phenoxy) is 1. The van der Waals surface area contributed by atoms with E-state index in [-0.39, 0.29) is 30.1 Å². The number of rotatable bonds is 12. The third-order valence-corrected chi connectivity index (χ3v) is 7.33. The van der Waals surface area contributed by atoms with Gasteiger partial charge in [0.05, 0.1) is 6.54 Å². The molecule has 1 aliphatic rings. The van der Waals surface area contributed by atoms with Gasteiger partial charge in [-0.25, -0.2) is 4.39 Å². The van der Waals surface area contributed by atoms with Gasteiger partial charge in [0.1, 0.15) is 5.82 Å². The van der Waals surface area contributed by atoms with Crippen molar-refractivity contribution >= 4 is 22.7 Å². The highest BCUT2D eigenvalue weighted by Gasteiger charge is 2.28. The number of nitrogens with one attached hydrogen (secondary N) is 1. The first kappa shape index (κ1) is 26.9. The molecule has 0 unspecified atom stereocenters.